The van der Waals surface area contributed by atoms with Crippen molar-refractivity contribution in [3.63, 3.8) is 0 Å². The third kappa shape index (κ3) is 8.78. The summed E-state index contributed by atoms with van der Waals surface area (Å²) in [4.78, 5) is 54.6. The monoisotopic (exact) mass is 698 g/mol. The Labute approximate surface area is 254 Å². The van der Waals surface area contributed by atoms with Crippen molar-refractivity contribution in [2.45, 2.75) is 51.4 Å². The van der Waals surface area contributed by atoms with Gasteiger partial charge < -0.3 is 39.9 Å². The number of para-hydroxylation sites is 1. The first kappa shape index (κ1) is 35.2. The molecule has 45 heavy (non-hydrogen) atoms. The van der Waals surface area contributed by atoms with Crippen molar-refractivity contribution in [2.24, 2.45) is 5.92 Å². The summed E-state index contributed by atoms with van der Waals surface area (Å²) >= 11 is 0. The Balaban J connectivity index is 1.48. The van der Waals surface area contributed by atoms with Crippen LogP contribution in [-0.4, -0.2) is 58.4 Å². The average molecular weight is 698 g/mol. The molecule has 0 radical (unpaired) electrons. The zero-order chi connectivity index (χ0) is 33.3. The molecule has 1 aliphatic rings. The zero-order valence-electron chi connectivity index (χ0n) is 23.6. The highest BCUT2D eigenvalue weighted by Crippen LogP contribution is 2.66. The Kier molecular flexibility index (Phi) is 10.6. The number of nitrogens with two attached hydrogens (primary N) is 1. The normalized spacial score (nSPS) is 22.4. The van der Waals surface area contributed by atoms with Gasteiger partial charge in [0.25, 0.3) is 5.69 Å². The van der Waals surface area contributed by atoms with Crippen LogP contribution in [0.2, 0.25) is 0 Å². The molecule has 4 unspecified atom stereocenters. The number of fused-ring (bicyclic) bond motifs is 1. The number of aliphatic hydroxyl groups excluding tert-OH is 1. The molecule has 4 rings (SSSR count). The Bertz CT molecular complexity index is 1700. The van der Waals surface area contributed by atoms with Crippen LogP contribution < -0.4 is 10.3 Å². The van der Waals surface area contributed by atoms with Gasteiger partial charge in [0.15, 0.2) is 6.23 Å². The van der Waals surface area contributed by atoms with Gasteiger partial charge >= 0.3 is 23.5 Å². The zero-order valence-corrected chi connectivity index (χ0v) is 26.2. The smallest absolute Gasteiger partial charge is 0.390 e. The number of ether oxygens (including phenoxy) is 2. The minimum absolute atomic E-state index is 0.0123. The molecule has 1 saturated heterocycles. The number of nitro benzene ring substituents is 1. The average Bonchev–Trinajstić information content (AvgIpc) is 3.50. The van der Waals surface area contributed by atoms with Gasteiger partial charge in [0, 0.05) is 18.1 Å². The maximum Gasteiger partial charge on any atom is 0.490 e. The van der Waals surface area contributed by atoms with E-state index in [-0.39, 0.29) is 30.5 Å². The van der Waals surface area contributed by atoms with Crippen LogP contribution in [0.3, 0.4) is 0 Å². The molecule has 248 valence electrons. The Morgan fingerprint density at radius 3 is 2.51 bits per heavy atom. The molecule has 6 atom stereocenters. The molecule has 3 heterocycles. The van der Waals surface area contributed by atoms with Gasteiger partial charge in [-0.1, -0.05) is 31.0 Å². The predicted octanol–water partition coefficient (Wildman–Crippen LogP) is 2.25. The number of H-pyrrole nitrogens is 1. The number of nitrogens with zero attached hydrogens (tertiary/aromatic N) is 3. The third-order valence-corrected chi connectivity index (χ3v) is 10.4. The minimum Gasteiger partial charge on any atom is -0.390 e. The van der Waals surface area contributed by atoms with Crippen LogP contribution in [0.25, 0.3) is 11.0 Å². The number of hydrogen-bond donors (Lipinski definition) is 7. The highest BCUT2D eigenvalue weighted by atomic mass is 31.3. The lowest BCUT2D eigenvalue weighted by Crippen LogP contribution is -2.41. The summed E-state index contributed by atoms with van der Waals surface area (Å²) in [5.41, 5.74) is 7.48. The highest BCUT2D eigenvalue weighted by Gasteiger charge is 2.43. The van der Waals surface area contributed by atoms with E-state index in [0.29, 0.717) is 22.2 Å². The van der Waals surface area contributed by atoms with Crippen molar-refractivity contribution in [1.82, 2.24) is 9.97 Å². The number of aliphatic hydroxyl groups is 1. The summed E-state index contributed by atoms with van der Waals surface area (Å²) in [5, 5.41) is 22.6. The Hall–Kier alpha value is -2.67. The van der Waals surface area contributed by atoms with Crippen LogP contribution in [0.1, 0.15) is 43.7 Å². The van der Waals surface area contributed by atoms with Crippen LogP contribution in [0, 0.1) is 16.0 Å². The van der Waals surface area contributed by atoms with Crippen LogP contribution in [-0.2, 0) is 42.9 Å². The first-order chi connectivity index (χ1) is 20.9. The van der Waals surface area contributed by atoms with E-state index in [1.165, 1.54) is 17.0 Å². The standard InChI is InChI=1S/C22H30N5O15P3/c1-12(2)20(14-5-3-4-6-15(14)27(29)30)38-9-13-8-24-22-19(13)21(23)25-11-26(22)18-7-16(28)17(40-18)10-39-44(34,35)42-45(36,37)41-43(31,32)33/h3-6,8,11-12,16-18,20,28H,7,9-10H2,1-2H3,(H6,23,24,31,32,33,34,35,36,37)/p+1/t16?,17-,18-,20?/m1/s1. The Morgan fingerprint density at radius 2 is 1.87 bits per heavy atom. The number of phosphoric acid groups is 3. The lowest BCUT2D eigenvalue weighted by atomic mass is 9.97. The van der Waals surface area contributed by atoms with Crippen molar-refractivity contribution in [2.75, 3.05) is 12.3 Å². The molecule has 3 aromatic rings. The van der Waals surface area contributed by atoms with Crippen LogP contribution in [0.5, 0.6) is 0 Å². The van der Waals surface area contributed by atoms with Gasteiger partial charge in [-0.2, -0.15) is 8.62 Å². The second-order valence-electron chi connectivity index (χ2n) is 10.2. The molecule has 0 amide bonds. The van der Waals surface area contributed by atoms with Gasteiger partial charge in [-0.25, -0.2) is 18.3 Å². The maximum atomic E-state index is 12.1. The highest BCUT2D eigenvalue weighted by molar-refractivity contribution is 7.66. The largest absolute Gasteiger partial charge is 0.490 e. The van der Waals surface area contributed by atoms with E-state index in [9.17, 15) is 38.7 Å². The number of rotatable bonds is 14. The molecule has 1 aliphatic heterocycles. The van der Waals surface area contributed by atoms with E-state index in [1.54, 1.807) is 24.4 Å². The van der Waals surface area contributed by atoms with Gasteiger partial charge in [0.05, 0.1) is 42.1 Å². The number of aromatic nitrogens is 3. The molecular formula is C22H31N5O15P3+. The van der Waals surface area contributed by atoms with Crippen molar-refractivity contribution >= 4 is 46.0 Å². The molecule has 23 heteroatoms. The topological polar surface area (TPSA) is 300 Å². The van der Waals surface area contributed by atoms with E-state index in [4.69, 9.17) is 25.0 Å². The van der Waals surface area contributed by atoms with E-state index >= 15 is 0 Å². The summed E-state index contributed by atoms with van der Waals surface area (Å²) in [6.45, 7) is 2.87. The fourth-order valence-electron chi connectivity index (χ4n) is 4.74. The fraction of sp³-hybridized carbons (Fsp3) is 0.455. The molecule has 0 spiro atoms. The molecule has 1 fully saturated rings. The Morgan fingerprint density at radius 1 is 1.18 bits per heavy atom. The van der Waals surface area contributed by atoms with Gasteiger partial charge in [-0.3, -0.25) is 19.6 Å². The number of hydrogen-bond acceptors (Lipinski definition) is 13. The quantitative estimate of drug-likeness (QED) is 0.0549. The number of benzene rings is 1. The second kappa shape index (κ2) is 13.6. The second-order valence-corrected chi connectivity index (χ2v) is 14.6. The molecule has 8 N–H and O–H groups in total. The van der Waals surface area contributed by atoms with Crippen molar-refractivity contribution in [1.29, 1.82) is 0 Å². The van der Waals surface area contributed by atoms with Gasteiger partial charge in [-0.15, -0.1) is 0 Å². The molecular weight excluding hydrogens is 667 g/mol. The molecule has 2 aromatic heterocycles. The number of nitrogens with one attached hydrogen (secondary N) is 1. The van der Waals surface area contributed by atoms with Crippen molar-refractivity contribution in [3.8, 4) is 0 Å². The molecule has 1 aromatic carbocycles. The van der Waals surface area contributed by atoms with E-state index in [1.807, 2.05) is 13.8 Å². The molecule has 0 aliphatic carbocycles. The predicted molar refractivity (Wildman–Crippen MR) is 151 cm³/mol. The fourth-order valence-corrected chi connectivity index (χ4v) is 7.77. The summed E-state index contributed by atoms with van der Waals surface area (Å²) in [6, 6.07) is 6.28. The maximum absolute atomic E-state index is 12.1. The van der Waals surface area contributed by atoms with Crippen molar-refractivity contribution in [3.05, 3.63) is 58.0 Å². The van der Waals surface area contributed by atoms with Crippen molar-refractivity contribution < 1.29 is 70.5 Å². The first-order valence-electron chi connectivity index (χ1n) is 13.0. The third-order valence-electron chi connectivity index (χ3n) is 6.57. The molecule has 20 nitrogen and oxygen atoms in total. The summed E-state index contributed by atoms with van der Waals surface area (Å²) < 4.78 is 59.7. The van der Waals surface area contributed by atoms with Crippen LogP contribution >= 0.6 is 23.5 Å². The molecule has 0 bridgehead atoms. The van der Waals surface area contributed by atoms with E-state index in [2.05, 4.69) is 23.1 Å². The SMILES string of the molecule is CC(C)C(OCc1c[nH]c2c1c(N)nc[n+]2[C@H]1CC(O)[C@@H](COP(=O)(O)OP(=O)(O)OP(=O)(O)O)O1)c1ccccc1[N+](=O)[O-]. The lowest BCUT2D eigenvalue weighted by Gasteiger charge is -2.21. The molecule has 0 saturated carbocycles. The summed E-state index contributed by atoms with van der Waals surface area (Å²) in [6.07, 6.45) is -1.26. The van der Waals surface area contributed by atoms with Crippen LogP contribution in [0.15, 0.2) is 36.8 Å². The lowest BCUT2D eigenvalue weighted by molar-refractivity contribution is -0.740. The summed E-state index contributed by atoms with van der Waals surface area (Å²) in [7, 11) is -16.7. The number of nitrogen functional groups attached to an aromatic ring is 1. The van der Waals surface area contributed by atoms with Crippen LogP contribution in [0.4, 0.5) is 11.5 Å². The number of anilines is 1. The minimum atomic E-state index is -5.72. The first-order valence-corrected chi connectivity index (χ1v) is 17.5. The van der Waals surface area contributed by atoms with Gasteiger partial charge in [-0.05, 0) is 12.0 Å². The summed E-state index contributed by atoms with van der Waals surface area (Å²) in [5.74, 6) is -0.0116. The van der Waals surface area contributed by atoms with E-state index in [0.717, 1.165) is 0 Å². The number of aromatic amines is 1. The number of phosphoric ester groups is 1. The van der Waals surface area contributed by atoms with Gasteiger partial charge in [0.2, 0.25) is 17.8 Å². The van der Waals surface area contributed by atoms with Gasteiger partial charge in [0.1, 0.15) is 11.5 Å². The number of nitro groups is 1. The van der Waals surface area contributed by atoms with E-state index < -0.39 is 59.5 Å².